The lowest BCUT2D eigenvalue weighted by Crippen LogP contribution is -2.47. The Morgan fingerprint density at radius 3 is 2.39 bits per heavy atom. The highest BCUT2D eigenvalue weighted by Crippen LogP contribution is 2.27. The van der Waals surface area contributed by atoms with Gasteiger partial charge in [-0.25, -0.2) is 9.97 Å². The molecule has 18 heavy (non-hydrogen) atoms. The number of nitrogens with one attached hydrogen (secondary N) is 1. The zero-order chi connectivity index (χ0) is 12.4. The number of hydrogen-bond acceptors (Lipinski definition) is 5. The minimum Gasteiger partial charge on any atom is -0.338 e. The summed E-state index contributed by atoms with van der Waals surface area (Å²) >= 11 is 0. The van der Waals surface area contributed by atoms with Crippen molar-refractivity contribution in [2.75, 3.05) is 38.1 Å². The third kappa shape index (κ3) is 2.62. The second-order valence-electron chi connectivity index (χ2n) is 5.18. The smallest absolute Gasteiger partial charge is 0.225 e. The second-order valence-corrected chi connectivity index (χ2v) is 5.18. The molecule has 98 valence electrons. The lowest BCUT2D eigenvalue weighted by atomic mass is 10.3. The molecule has 2 aliphatic rings. The Labute approximate surface area is 108 Å². The maximum Gasteiger partial charge on any atom is 0.225 e. The van der Waals surface area contributed by atoms with Gasteiger partial charge in [0.1, 0.15) is 0 Å². The fraction of sp³-hybridized carbons (Fsp3) is 0.692. The van der Waals surface area contributed by atoms with Crippen LogP contribution in [0.25, 0.3) is 0 Å². The minimum atomic E-state index is 0.829. The zero-order valence-corrected chi connectivity index (χ0v) is 11.0. The highest BCUT2D eigenvalue weighted by atomic mass is 15.3. The molecular weight excluding hydrogens is 226 g/mol. The van der Waals surface area contributed by atoms with Gasteiger partial charge in [0.2, 0.25) is 5.95 Å². The minimum absolute atomic E-state index is 0.829. The van der Waals surface area contributed by atoms with Crippen LogP contribution in [0, 0.1) is 0 Å². The first kappa shape index (κ1) is 11.9. The van der Waals surface area contributed by atoms with Gasteiger partial charge in [0, 0.05) is 56.7 Å². The Hall–Kier alpha value is -1.20. The quantitative estimate of drug-likeness (QED) is 0.838. The van der Waals surface area contributed by atoms with Gasteiger partial charge in [0.25, 0.3) is 0 Å². The van der Waals surface area contributed by atoms with E-state index >= 15 is 0 Å². The van der Waals surface area contributed by atoms with Gasteiger partial charge in [0.15, 0.2) is 0 Å². The summed E-state index contributed by atoms with van der Waals surface area (Å²) in [6.45, 7) is 5.26. The van der Waals surface area contributed by atoms with Crippen LogP contribution in [0.5, 0.6) is 0 Å². The summed E-state index contributed by atoms with van der Waals surface area (Å²) in [5, 5.41) is 3.11. The van der Waals surface area contributed by atoms with Crippen molar-refractivity contribution in [3.05, 3.63) is 18.0 Å². The Balaban J connectivity index is 1.57. The molecule has 0 amide bonds. The summed E-state index contributed by atoms with van der Waals surface area (Å²) < 4.78 is 0. The van der Waals surface area contributed by atoms with E-state index < -0.39 is 0 Å². The van der Waals surface area contributed by atoms with Crippen molar-refractivity contribution in [3.8, 4) is 0 Å². The average Bonchev–Trinajstić information content (AvgIpc) is 3.25. The third-order valence-electron chi connectivity index (χ3n) is 3.73. The maximum absolute atomic E-state index is 4.46. The maximum atomic E-state index is 4.46. The van der Waals surface area contributed by atoms with Crippen LogP contribution in [0.3, 0.4) is 0 Å². The van der Waals surface area contributed by atoms with E-state index in [2.05, 4.69) is 25.1 Å². The number of nitrogens with zero attached hydrogens (tertiary/aromatic N) is 4. The number of aromatic nitrogens is 2. The van der Waals surface area contributed by atoms with E-state index in [1.807, 2.05) is 19.4 Å². The molecule has 0 unspecified atom stereocenters. The largest absolute Gasteiger partial charge is 0.338 e. The van der Waals surface area contributed by atoms with Crippen LogP contribution < -0.4 is 10.2 Å². The predicted octanol–water partition coefficient (Wildman–Crippen LogP) is 0.480. The summed E-state index contributed by atoms with van der Waals surface area (Å²) in [6, 6.07) is 0.881. The summed E-state index contributed by atoms with van der Waals surface area (Å²) in [7, 11) is 1.94. The van der Waals surface area contributed by atoms with Gasteiger partial charge in [-0.05, 0) is 19.9 Å². The molecule has 2 fully saturated rings. The summed E-state index contributed by atoms with van der Waals surface area (Å²) in [5.74, 6) is 0.880. The van der Waals surface area contributed by atoms with Crippen LogP contribution in [0.4, 0.5) is 5.95 Å². The Kier molecular flexibility index (Phi) is 3.43. The molecule has 1 saturated carbocycles. The predicted molar refractivity (Wildman–Crippen MR) is 71.6 cm³/mol. The Bertz CT molecular complexity index is 379. The van der Waals surface area contributed by atoms with E-state index in [0.717, 1.165) is 50.3 Å². The van der Waals surface area contributed by atoms with Crippen LogP contribution in [0.2, 0.25) is 0 Å². The molecule has 1 aliphatic heterocycles. The fourth-order valence-corrected chi connectivity index (χ4v) is 2.53. The van der Waals surface area contributed by atoms with E-state index in [1.54, 1.807) is 0 Å². The van der Waals surface area contributed by atoms with Crippen molar-refractivity contribution >= 4 is 5.95 Å². The molecule has 1 aliphatic carbocycles. The van der Waals surface area contributed by atoms with E-state index in [0.29, 0.717) is 0 Å². The molecule has 1 aromatic heterocycles. The molecule has 1 saturated heterocycles. The van der Waals surface area contributed by atoms with Gasteiger partial charge in [-0.1, -0.05) is 0 Å². The Morgan fingerprint density at radius 1 is 1.17 bits per heavy atom. The van der Waals surface area contributed by atoms with Crippen LogP contribution in [0.1, 0.15) is 18.4 Å². The van der Waals surface area contributed by atoms with Crippen molar-refractivity contribution in [2.24, 2.45) is 0 Å². The van der Waals surface area contributed by atoms with E-state index in [1.165, 1.54) is 12.8 Å². The number of anilines is 1. The molecule has 1 N–H and O–H groups in total. The molecule has 1 aromatic rings. The molecule has 0 radical (unpaired) electrons. The van der Waals surface area contributed by atoms with Crippen LogP contribution in [-0.4, -0.2) is 54.1 Å². The van der Waals surface area contributed by atoms with Crippen LogP contribution in [-0.2, 0) is 6.54 Å². The molecule has 0 bridgehead atoms. The van der Waals surface area contributed by atoms with Gasteiger partial charge in [-0.3, -0.25) is 4.90 Å². The summed E-state index contributed by atoms with van der Waals surface area (Å²) in [4.78, 5) is 13.8. The summed E-state index contributed by atoms with van der Waals surface area (Å²) in [6.07, 6.45) is 6.64. The van der Waals surface area contributed by atoms with Crippen molar-refractivity contribution < 1.29 is 0 Å². The number of rotatable bonds is 4. The topological polar surface area (TPSA) is 44.3 Å². The standard InChI is InChI=1S/C13H21N5/c1-14-8-11-9-15-13(16-10-11)18-6-4-17(5-7-18)12-2-3-12/h9-10,12,14H,2-8H2,1H3. The van der Waals surface area contributed by atoms with Gasteiger partial charge in [0.05, 0.1) is 0 Å². The van der Waals surface area contributed by atoms with Gasteiger partial charge in [-0.15, -0.1) is 0 Å². The molecule has 0 spiro atoms. The monoisotopic (exact) mass is 247 g/mol. The average molecular weight is 247 g/mol. The van der Waals surface area contributed by atoms with Gasteiger partial charge in [-0.2, -0.15) is 0 Å². The van der Waals surface area contributed by atoms with Crippen LogP contribution >= 0.6 is 0 Å². The fourth-order valence-electron chi connectivity index (χ4n) is 2.53. The van der Waals surface area contributed by atoms with Crippen molar-refractivity contribution in [3.63, 3.8) is 0 Å². The molecule has 2 heterocycles. The van der Waals surface area contributed by atoms with Crippen LogP contribution in [0.15, 0.2) is 12.4 Å². The highest BCUT2D eigenvalue weighted by molar-refractivity contribution is 5.30. The zero-order valence-electron chi connectivity index (χ0n) is 11.0. The first-order valence-electron chi connectivity index (χ1n) is 6.81. The molecule has 3 rings (SSSR count). The normalized spacial score (nSPS) is 21.3. The third-order valence-corrected chi connectivity index (χ3v) is 3.73. The van der Waals surface area contributed by atoms with Crippen molar-refractivity contribution in [1.29, 1.82) is 0 Å². The molecule has 5 nitrogen and oxygen atoms in total. The van der Waals surface area contributed by atoms with Crippen molar-refractivity contribution in [2.45, 2.75) is 25.4 Å². The number of piperazine rings is 1. The van der Waals surface area contributed by atoms with E-state index in [4.69, 9.17) is 0 Å². The van der Waals surface area contributed by atoms with E-state index in [9.17, 15) is 0 Å². The van der Waals surface area contributed by atoms with Gasteiger partial charge >= 0.3 is 0 Å². The van der Waals surface area contributed by atoms with Crippen molar-refractivity contribution in [1.82, 2.24) is 20.2 Å². The SMILES string of the molecule is CNCc1cnc(N2CCN(C3CC3)CC2)nc1. The Morgan fingerprint density at radius 2 is 1.83 bits per heavy atom. The van der Waals surface area contributed by atoms with E-state index in [-0.39, 0.29) is 0 Å². The highest BCUT2D eigenvalue weighted by Gasteiger charge is 2.31. The molecule has 5 heteroatoms. The number of hydrogen-bond donors (Lipinski definition) is 1. The molecule has 0 aromatic carbocycles. The first-order valence-corrected chi connectivity index (χ1v) is 6.81. The lowest BCUT2D eigenvalue weighted by Gasteiger charge is -2.34. The lowest BCUT2D eigenvalue weighted by molar-refractivity contribution is 0.247. The molecular formula is C13H21N5. The molecule has 0 atom stereocenters. The second kappa shape index (κ2) is 5.20. The first-order chi connectivity index (χ1) is 8.86. The van der Waals surface area contributed by atoms with Gasteiger partial charge < -0.3 is 10.2 Å². The summed E-state index contributed by atoms with van der Waals surface area (Å²) in [5.41, 5.74) is 1.14.